The maximum atomic E-state index is 12.8. The van der Waals surface area contributed by atoms with Crippen LogP contribution < -0.4 is 0 Å². The van der Waals surface area contributed by atoms with E-state index in [4.69, 9.17) is 4.74 Å². The molecule has 2 aliphatic carbocycles. The largest absolute Gasteiger partial charge is 0.378 e. The second-order valence-corrected chi connectivity index (χ2v) is 7.31. The number of rotatable bonds is 4. The number of nitrogens with zero attached hydrogens (tertiary/aromatic N) is 6. The number of amides is 1. The maximum Gasteiger partial charge on any atom is 0.229 e. The van der Waals surface area contributed by atoms with E-state index in [1.807, 2.05) is 32.9 Å². The summed E-state index contributed by atoms with van der Waals surface area (Å²) in [6.45, 7) is 5.67. The Balaban J connectivity index is 1.27. The first kappa shape index (κ1) is 15.1. The van der Waals surface area contributed by atoms with Crippen molar-refractivity contribution in [3.8, 4) is 11.3 Å². The fourth-order valence-corrected chi connectivity index (χ4v) is 4.36. The molecule has 0 spiro atoms. The Kier molecular flexibility index (Phi) is 3.25. The highest BCUT2D eigenvalue weighted by molar-refractivity contribution is 5.88. The molecule has 1 aliphatic heterocycles. The van der Waals surface area contributed by atoms with Crippen LogP contribution in [-0.4, -0.2) is 61.9 Å². The first-order valence-electron chi connectivity index (χ1n) is 9.03. The van der Waals surface area contributed by atoms with Crippen LogP contribution in [0.2, 0.25) is 0 Å². The number of aromatic nitrogens is 5. The van der Waals surface area contributed by atoms with Crippen molar-refractivity contribution in [2.24, 2.45) is 11.3 Å². The zero-order valence-corrected chi connectivity index (χ0v) is 14.3. The molecule has 0 N–H and O–H groups in total. The van der Waals surface area contributed by atoms with E-state index in [0.717, 1.165) is 43.7 Å². The van der Waals surface area contributed by atoms with Crippen LogP contribution in [0.5, 0.6) is 0 Å². The van der Waals surface area contributed by atoms with E-state index in [-0.39, 0.29) is 5.41 Å². The summed E-state index contributed by atoms with van der Waals surface area (Å²) in [5, 5.41) is 12.9. The predicted octanol–water partition coefficient (Wildman–Crippen LogP) is 0.971. The van der Waals surface area contributed by atoms with Crippen molar-refractivity contribution >= 4 is 5.91 Å². The van der Waals surface area contributed by atoms with Crippen LogP contribution in [0.15, 0.2) is 18.6 Å². The number of aryl methyl sites for hydroxylation is 1. The average molecular weight is 342 g/mol. The lowest BCUT2D eigenvalue weighted by Gasteiger charge is -2.38. The summed E-state index contributed by atoms with van der Waals surface area (Å²) in [6, 6.07) is 0.299. The molecule has 2 aromatic rings. The van der Waals surface area contributed by atoms with Crippen LogP contribution in [0.3, 0.4) is 0 Å². The Morgan fingerprint density at radius 2 is 2.16 bits per heavy atom. The summed E-state index contributed by atoms with van der Waals surface area (Å²) in [7, 11) is 0. The monoisotopic (exact) mass is 342 g/mol. The van der Waals surface area contributed by atoms with Gasteiger partial charge in [0.05, 0.1) is 37.1 Å². The lowest BCUT2D eigenvalue weighted by atomic mass is 9.78. The highest BCUT2D eigenvalue weighted by Gasteiger charge is 2.73. The zero-order chi connectivity index (χ0) is 17.0. The first-order valence-corrected chi connectivity index (χ1v) is 9.03. The first-order chi connectivity index (χ1) is 12.2. The third kappa shape index (κ3) is 2.23. The fraction of sp³-hybridized carbons (Fsp3) is 0.647. The molecule has 2 aromatic heterocycles. The van der Waals surface area contributed by atoms with E-state index >= 15 is 0 Å². The minimum atomic E-state index is -0.124. The summed E-state index contributed by atoms with van der Waals surface area (Å²) < 4.78 is 9.17. The van der Waals surface area contributed by atoms with Crippen LogP contribution in [0.25, 0.3) is 11.3 Å². The standard InChI is InChI=1S/C17H22N6O2/c1-2-22-10-12(9-18-22)14-11-23(20-19-14)15-8-17(7-13(15)17)16(24)21-3-5-25-6-4-21/h9-11,13,15H,2-8H2,1H3/t13-,15+,17-/m0/s1. The smallest absolute Gasteiger partial charge is 0.229 e. The molecule has 25 heavy (non-hydrogen) atoms. The molecule has 0 bridgehead atoms. The van der Waals surface area contributed by atoms with Crippen molar-refractivity contribution in [1.29, 1.82) is 0 Å². The summed E-state index contributed by atoms with van der Waals surface area (Å²) in [5.74, 6) is 0.734. The second kappa shape index (κ2) is 5.39. The summed E-state index contributed by atoms with van der Waals surface area (Å²) in [4.78, 5) is 14.8. The van der Waals surface area contributed by atoms with E-state index in [9.17, 15) is 4.79 Å². The van der Waals surface area contributed by atoms with Crippen molar-refractivity contribution < 1.29 is 9.53 Å². The van der Waals surface area contributed by atoms with E-state index in [2.05, 4.69) is 22.3 Å². The van der Waals surface area contributed by atoms with Gasteiger partial charge in [-0.3, -0.25) is 9.48 Å². The minimum absolute atomic E-state index is 0.124. The molecular weight excluding hydrogens is 320 g/mol. The fourth-order valence-electron chi connectivity index (χ4n) is 4.36. The van der Waals surface area contributed by atoms with Gasteiger partial charge in [-0.15, -0.1) is 5.10 Å². The number of morpholine rings is 1. The maximum absolute atomic E-state index is 12.8. The van der Waals surface area contributed by atoms with Gasteiger partial charge in [-0.25, -0.2) is 4.68 Å². The van der Waals surface area contributed by atoms with Crippen molar-refractivity contribution in [1.82, 2.24) is 29.7 Å². The van der Waals surface area contributed by atoms with Gasteiger partial charge in [-0.1, -0.05) is 5.21 Å². The Bertz CT molecular complexity index is 808. The molecule has 0 aromatic carbocycles. The molecule has 1 saturated heterocycles. The SMILES string of the molecule is CCn1cc(-c2cn([C@@H]3C[C@@]4(C(=O)N5CCOCC5)C[C@@H]34)nn2)cn1. The molecule has 2 saturated carbocycles. The van der Waals surface area contributed by atoms with Gasteiger partial charge in [0, 0.05) is 31.4 Å². The molecule has 0 unspecified atom stereocenters. The molecule has 8 nitrogen and oxygen atoms in total. The van der Waals surface area contributed by atoms with Gasteiger partial charge in [-0.2, -0.15) is 5.10 Å². The molecule has 8 heteroatoms. The Labute approximate surface area is 145 Å². The lowest BCUT2D eigenvalue weighted by molar-refractivity contribution is -0.145. The highest BCUT2D eigenvalue weighted by Crippen LogP contribution is 2.73. The van der Waals surface area contributed by atoms with Gasteiger partial charge in [0.1, 0.15) is 5.69 Å². The van der Waals surface area contributed by atoms with E-state index < -0.39 is 0 Å². The van der Waals surface area contributed by atoms with Gasteiger partial charge in [0.2, 0.25) is 5.91 Å². The number of carbonyl (C=O) groups excluding carboxylic acids is 1. The van der Waals surface area contributed by atoms with E-state index in [0.29, 0.717) is 31.1 Å². The molecule has 5 rings (SSSR count). The normalized spacial score (nSPS) is 30.7. The van der Waals surface area contributed by atoms with Gasteiger partial charge in [-0.05, 0) is 25.7 Å². The quantitative estimate of drug-likeness (QED) is 0.827. The van der Waals surface area contributed by atoms with Crippen LogP contribution in [0, 0.1) is 11.3 Å². The number of hydrogen-bond donors (Lipinski definition) is 0. The third-order valence-corrected chi connectivity index (χ3v) is 6.00. The van der Waals surface area contributed by atoms with Crippen molar-refractivity contribution in [2.75, 3.05) is 26.3 Å². The second-order valence-electron chi connectivity index (χ2n) is 7.31. The third-order valence-electron chi connectivity index (χ3n) is 6.00. The molecule has 3 atom stereocenters. The summed E-state index contributed by atoms with van der Waals surface area (Å²) >= 11 is 0. The van der Waals surface area contributed by atoms with Crippen molar-refractivity contribution in [3.63, 3.8) is 0 Å². The number of ether oxygens (including phenoxy) is 1. The van der Waals surface area contributed by atoms with Crippen LogP contribution in [0.1, 0.15) is 25.8 Å². The summed E-state index contributed by atoms with van der Waals surface area (Å²) in [6.07, 6.45) is 7.66. The Morgan fingerprint density at radius 1 is 1.32 bits per heavy atom. The molecule has 1 amide bonds. The van der Waals surface area contributed by atoms with Crippen LogP contribution in [0.4, 0.5) is 0 Å². The van der Waals surface area contributed by atoms with Gasteiger partial charge in [0.15, 0.2) is 0 Å². The number of fused-ring (bicyclic) bond motifs is 1. The zero-order valence-electron chi connectivity index (χ0n) is 14.3. The molecular formula is C17H22N6O2. The minimum Gasteiger partial charge on any atom is -0.378 e. The molecule has 0 radical (unpaired) electrons. The van der Waals surface area contributed by atoms with Crippen molar-refractivity contribution in [3.05, 3.63) is 18.6 Å². The van der Waals surface area contributed by atoms with Crippen LogP contribution >= 0.6 is 0 Å². The van der Waals surface area contributed by atoms with E-state index in [1.165, 1.54) is 0 Å². The van der Waals surface area contributed by atoms with Crippen molar-refractivity contribution in [2.45, 2.75) is 32.4 Å². The molecule has 3 aliphatic rings. The predicted molar refractivity (Wildman–Crippen MR) is 88.5 cm³/mol. The van der Waals surface area contributed by atoms with Gasteiger partial charge < -0.3 is 9.64 Å². The average Bonchev–Trinajstić information content (AvgIpc) is 3.07. The Morgan fingerprint density at radius 3 is 2.88 bits per heavy atom. The van der Waals surface area contributed by atoms with Gasteiger partial charge >= 0.3 is 0 Å². The molecule has 132 valence electrons. The van der Waals surface area contributed by atoms with E-state index in [1.54, 1.807) is 0 Å². The number of carbonyl (C=O) groups is 1. The van der Waals surface area contributed by atoms with Crippen LogP contribution in [-0.2, 0) is 16.1 Å². The Hall–Kier alpha value is -2.22. The highest BCUT2D eigenvalue weighted by atomic mass is 16.5. The van der Waals surface area contributed by atoms with Gasteiger partial charge in [0.25, 0.3) is 0 Å². The molecule has 3 fully saturated rings. The molecule has 3 heterocycles. The summed E-state index contributed by atoms with van der Waals surface area (Å²) in [5.41, 5.74) is 1.71. The lowest BCUT2D eigenvalue weighted by Crippen LogP contribution is -2.48. The topological polar surface area (TPSA) is 78.1 Å². The number of hydrogen-bond acceptors (Lipinski definition) is 5.